The third kappa shape index (κ3) is 8.14. The van der Waals surface area contributed by atoms with Crippen LogP contribution in [0.5, 0.6) is 0 Å². The van der Waals surface area contributed by atoms with E-state index < -0.39 is 0 Å². The molecule has 1 saturated carbocycles. The van der Waals surface area contributed by atoms with Crippen LogP contribution in [0.3, 0.4) is 0 Å². The fraction of sp³-hybridized carbons (Fsp3) is 0.600. The number of anilines is 1. The van der Waals surface area contributed by atoms with E-state index in [2.05, 4.69) is 23.6 Å². The van der Waals surface area contributed by atoms with Crippen LogP contribution in [-0.2, 0) is 7.05 Å². The molecule has 0 spiro atoms. The number of allylic oxidation sites excluding steroid dienone is 3. The van der Waals surface area contributed by atoms with E-state index in [1.54, 1.807) is 17.9 Å². The van der Waals surface area contributed by atoms with Gasteiger partial charge >= 0.3 is 0 Å². The Morgan fingerprint density at radius 3 is 2.25 bits per heavy atom. The Balaban J connectivity index is 0.000000488. The molecule has 1 fully saturated rings. The highest BCUT2D eigenvalue weighted by Gasteiger charge is 2.09. The summed E-state index contributed by atoms with van der Waals surface area (Å²) in [5.74, 6) is 1.64. The minimum Gasteiger partial charge on any atom is -0.383 e. The monoisotopic (exact) mass is 332 g/mol. The van der Waals surface area contributed by atoms with Crippen LogP contribution in [0.25, 0.3) is 0 Å². The summed E-state index contributed by atoms with van der Waals surface area (Å²) >= 11 is 0. The number of hydrogen-bond acceptors (Lipinski definition) is 3. The van der Waals surface area contributed by atoms with Crippen molar-refractivity contribution in [3.63, 3.8) is 0 Å². The van der Waals surface area contributed by atoms with Crippen LogP contribution in [-0.4, -0.2) is 15.5 Å². The molecular weight excluding hydrogens is 296 g/mol. The number of nitrogens with zero attached hydrogens (tertiary/aromatic N) is 3. The maximum Gasteiger partial charge on any atom is 0.130 e. The number of aromatic nitrogens is 2. The lowest BCUT2D eigenvalue weighted by Crippen LogP contribution is -2.04. The highest BCUT2D eigenvalue weighted by molar-refractivity contribution is 6.11. The van der Waals surface area contributed by atoms with Crippen molar-refractivity contribution < 1.29 is 0 Å². The minimum atomic E-state index is 0.605. The number of aryl methyl sites for hydroxylation is 1. The van der Waals surface area contributed by atoms with Crippen molar-refractivity contribution in [3.8, 4) is 0 Å². The lowest BCUT2D eigenvalue weighted by Gasteiger charge is -2.15. The third-order valence-electron chi connectivity index (χ3n) is 3.79. The first-order valence-electron chi connectivity index (χ1n) is 9.10. The molecule has 1 aliphatic carbocycles. The van der Waals surface area contributed by atoms with Crippen molar-refractivity contribution in [2.24, 2.45) is 18.0 Å². The number of rotatable bonds is 3. The predicted octanol–water partition coefficient (Wildman–Crippen LogP) is 5.51. The van der Waals surface area contributed by atoms with Gasteiger partial charge < -0.3 is 5.73 Å². The van der Waals surface area contributed by atoms with Crippen LogP contribution in [0, 0.1) is 5.92 Å². The summed E-state index contributed by atoms with van der Waals surface area (Å²) in [6, 6.07) is 0. The van der Waals surface area contributed by atoms with Gasteiger partial charge in [-0.1, -0.05) is 65.5 Å². The lowest BCUT2D eigenvalue weighted by atomic mass is 9.91. The first kappa shape index (κ1) is 22.2. The van der Waals surface area contributed by atoms with Crippen molar-refractivity contribution in [2.45, 2.75) is 66.7 Å². The minimum absolute atomic E-state index is 0.605. The summed E-state index contributed by atoms with van der Waals surface area (Å²) < 4.78 is 1.62. The van der Waals surface area contributed by atoms with E-state index in [0.717, 1.165) is 22.9 Å². The van der Waals surface area contributed by atoms with Crippen molar-refractivity contribution in [2.75, 3.05) is 5.73 Å². The number of hydrogen-bond donors (Lipinski definition) is 1. The third-order valence-corrected chi connectivity index (χ3v) is 3.79. The van der Waals surface area contributed by atoms with Crippen molar-refractivity contribution in [3.05, 3.63) is 36.2 Å². The smallest absolute Gasteiger partial charge is 0.130 e. The average molecular weight is 333 g/mol. The van der Waals surface area contributed by atoms with E-state index >= 15 is 0 Å². The Labute approximate surface area is 148 Å². The zero-order valence-corrected chi connectivity index (χ0v) is 16.5. The largest absolute Gasteiger partial charge is 0.383 e. The Hall–Kier alpha value is -1.84. The lowest BCUT2D eigenvalue weighted by molar-refractivity contribution is 0.385. The Bertz CT molecular complexity index is 532. The highest BCUT2D eigenvalue weighted by Crippen LogP contribution is 2.22. The predicted molar refractivity (Wildman–Crippen MR) is 107 cm³/mol. The molecule has 2 rings (SSSR count). The number of aliphatic imine (C=N–C) groups is 1. The molecule has 1 aromatic rings. The maximum atomic E-state index is 5.87. The van der Waals surface area contributed by atoms with Gasteiger partial charge in [-0.05, 0) is 25.8 Å². The van der Waals surface area contributed by atoms with Gasteiger partial charge in [0, 0.05) is 12.7 Å². The summed E-state index contributed by atoms with van der Waals surface area (Å²) in [7, 11) is 1.80. The molecule has 4 heteroatoms. The Morgan fingerprint density at radius 2 is 1.92 bits per heavy atom. The standard InChI is InChI=1S/C11H16N4.C7H14.C2H6/c1-5-6-10(14-8(2)3)9-7-13-15(4)11(9)12;1-7-5-3-2-4-6-7;1-2/h5-7H,2,12H2,1,3-4H3;7H,2-6H2,1H3;1-2H3/b6-5-,14-10?;;. The van der Waals surface area contributed by atoms with E-state index in [1.807, 2.05) is 39.8 Å². The van der Waals surface area contributed by atoms with Crippen LogP contribution in [0.1, 0.15) is 72.3 Å². The summed E-state index contributed by atoms with van der Waals surface area (Å²) in [4.78, 5) is 4.31. The van der Waals surface area contributed by atoms with Crippen LogP contribution in [0.2, 0.25) is 0 Å². The molecule has 0 aliphatic heterocycles. The fourth-order valence-corrected chi connectivity index (χ4v) is 2.50. The van der Waals surface area contributed by atoms with Crippen molar-refractivity contribution in [1.29, 1.82) is 0 Å². The van der Waals surface area contributed by atoms with Crippen LogP contribution < -0.4 is 5.73 Å². The average Bonchev–Trinajstić information content (AvgIpc) is 2.89. The second-order valence-corrected chi connectivity index (χ2v) is 6.04. The van der Waals surface area contributed by atoms with Gasteiger partial charge in [-0.2, -0.15) is 5.10 Å². The zero-order valence-electron chi connectivity index (χ0n) is 16.5. The Kier molecular flexibility index (Phi) is 11.6. The van der Waals surface area contributed by atoms with Gasteiger partial charge in [-0.3, -0.25) is 9.67 Å². The molecule has 0 saturated heterocycles. The summed E-state index contributed by atoms with van der Waals surface area (Å²) in [6.07, 6.45) is 12.9. The van der Waals surface area contributed by atoms with E-state index in [4.69, 9.17) is 5.73 Å². The second-order valence-electron chi connectivity index (χ2n) is 6.04. The molecule has 4 nitrogen and oxygen atoms in total. The van der Waals surface area contributed by atoms with E-state index in [1.165, 1.54) is 32.1 Å². The van der Waals surface area contributed by atoms with Gasteiger partial charge in [0.2, 0.25) is 0 Å². The molecule has 0 bridgehead atoms. The first-order valence-corrected chi connectivity index (χ1v) is 9.10. The molecule has 0 radical (unpaired) electrons. The van der Waals surface area contributed by atoms with Gasteiger partial charge in [0.15, 0.2) is 0 Å². The molecule has 0 amide bonds. The molecule has 136 valence electrons. The normalized spacial score (nSPS) is 15.3. The van der Waals surface area contributed by atoms with Crippen LogP contribution in [0.15, 0.2) is 35.6 Å². The SMILES string of the molecule is C=C(C)N=C(/C=C\C)c1cnn(C)c1N.CC.CC1CCCCC1. The van der Waals surface area contributed by atoms with E-state index in [0.29, 0.717) is 5.82 Å². The quantitative estimate of drug-likeness (QED) is 0.741. The zero-order chi connectivity index (χ0) is 18.5. The van der Waals surface area contributed by atoms with Gasteiger partial charge in [-0.15, -0.1) is 0 Å². The van der Waals surface area contributed by atoms with E-state index in [-0.39, 0.29) is 0 Å². The van der Waals surface area contributed by atoms with Crippen molar-refractivity contribution in [1.82, 2.24) is 9.78 Å². The van der Waals surface area contributed by atoms with Gasteiger partial charge in [-0.25, -0.2) is 0 Å². The van der Waals surface area contributed by atoms with Crippen molar-refractivity contribution >= 4 is 11.5 Å². The summed E-state index contributed by atoms with van der Waals surface area (Å²) in [5.41, 5.74) is 8.23. The topological polar surface area (TPSA) is 56.2 Å². The molecule has 1 aromatic heterocycles. The number of nitrogen functional groups attached to an aromatic ring is 1. The molecule has 2 N–H and O–H groups in total. The fourth-order valence-electron chi connectivity index (χ4n) is 2.50. The van der Waals surface area contributed by atoms with Crippen LogP contribution in [0.4, 0.5) is 5.82 Å². The molecule has 0 atom stereocenters. The maximum absolute atomic E-state index is 5.87. The van der Waals surface area contributed by atoms with Gasteiger partial charge in [0.25, 0.3) is 0 Å². The molecule has 1 aliphatic rings. The highest BCUT2D eigenvalue weighted by atomic mass is 15.3. The second kappa shape index (κ2) is 12.6. The van der Waals surface area contributed by atoms with Crippen LogP contribution >= 0.6 is 0 Å². The van der Waals surface area contributed by atoms with Gasteiger partial charge in [0.1, 0.15) is 5.82 Å². The van der Waals surface area contributed by atoms with E-state index in [9.17, 15) is 0 Å². The first-order chi connectivity index (χ1) is 11.5. The van der Waals surface area contributed by atoms with Gasteiger partial charge in [0.05, 0.1) is 17.5 Å². The molecular formula is C20H36N4. The molecule has 0 aromatic carbocycles. The molecule has 24 heavy (non-hydrogen) atoms. The summed E-state index contributed by atoms with van der Waals surface area (Å²) in [6.45, 7) is 13.9. The Morgan fingerprint density at radius 1 is 1.33 bits per heavy atom. The summed E-state index contributed by atoms with van der Waals surface area (Å²) in [5, 5.41) is 4.07. The molecule has 0 unspecified atom stereocenters. The number of nitrogens with two attached hydrogens (primary N) is 1. The molecule has 1 heterocycles.